The van der Waals surface area contributed by atoms with E-state index in [1.807, 2.05) is 19.0 Å². The summed E-state index contributed by atoms with van der Waals surface area (Å²) >= 11 is 0. The van der Waals surface area contributed by atoms with Crippen LogP contribution in [-0.2, 0) is 9.53 Å². The number of hydrogen-bond acceptors (Lipinski definition) is 4. The quantitative estimate of drug-likeness (QED) is 0.647. The Bertz CT molecular complexity index is 223. The predicted molar refractivity (Wildman–Crippen MR) is 58.5 cm³/mol. The van der Waals surface area contributed by atoms with Gasteiger partial charge in [-0.15, -0.1) is 0 Å². The van der Waals surface area contributed by atoms with Crippen LogP contribution < -0.4 is 5.73 Å². The number of likely N-dealkylation sites (N-methyl/N-ethyl adjacent to an activating group) is 2. The van der Waals surface area contributed by atoms with E-state index in [9.17, 15) is 4.79 Å². The van der Waals surface area contributed by atoms with Crippen molar-refractivity contribution in [2.24, 2.45) is 5.73 Å². The third kappa shape index (κ3) is 3.15. The molecule has 1 rings (SSSR count). The summed E-state index contributed by atoms with van der Waals surface area (Å²) in [6.07, 6.45) is 0.894. The van der Waals surface area contributed by atoms with Crippen LogP contribution in [0.15, 0.2) is 0 Å². The van der Waals surface area contributed by atoms with Crippen molar-refractivity contribution in [1.82, 2.24) is 9.80 Å². The average Bonchev–Trinajstić information content (AvgIpc) is 2.48. The second kappa shape index (κ2) is 5.44. The fourth-order valence-electron chi connectivity index (χ4n) is 1.98. The molecular weight excluding hydrogens is 194 g/mol. The second-order valence-electron chi connectivity index (χ2n) is 4.22. The fraction of sp³-hybridized carbons (Fsp3) is 0.900. The summed E-state index contributed by atoms with van der Waals surface area (Å²) in [4.78, 5) is 15.5. The Morgan fingerprint density at radius 1 is 1.73 bits per heavy atom. The van der Waals surface area contributed by atoms with Crippen molar-refractivity contribution in [2.75, 3.05) is 40.9 Å². The Kier molecular flexibility index (Phi) is 4.50. The molecule has 15 heavy (non-hydrogen) atoms. The van der Waals surface area contributed by atoms with Gasteiger partial charge in [0.15, 0.2) is 0 Å². The average molecular weight is 215 g/mol. The van der Waals surface area contributed by atoms with Gasteiger partial charge in [0.05, 0.1) is 12.6 Å². The van der Waals surface area contributed by atoms with Gasteiger partial charge in [0.1, 0.15) is 0 Å². The largest absolute Gasteiger partial charge is 0.383 e. The number of nitrogens with two attached hydrogens (primary N) is 1. The van der Waals surface area contributed by atoms with E-state index in [2.05, 4.69) is 0 Å². The zero-order chi connectivity index (χ0) is 11.4. The van der Waals surface area contributed by atoms with Crippen LogP contribution in [0.1, 0.15) is 6.42 Å². The molecule has 1 saturated heterocycles. The number of carbonyl (C=O) groups excluding carboxylic acids is 1. The number of hydrogen-bond donors (Lipinski definition) is 1. The molecule has 5 heteroatoms. The molecule has 2 atom stereocenters. The van der Waals surface area contributed by atoms with Gasteiger partial charge in [-0.1, -0.05) is 0 Å². The lowest BCUT2D eigenvalue weighted by molar-refractivity contribution is -0.130. The van der Waals surface area contributed by atoms with Gasteiger partial charge in [0, 0.05) is 33.3 Å². The summed E-state index contributed by atoms with van der Waals surface area (Å²) in [6.45, 7) is 2.06. The molecule has 0 aromatic heterocycles. The van der Waals surface area contributed by atoms with Gasteiger partial charge in [0.25, 0.3) is 0 Å². The molecule has 1 fully saturated rings. The van der Waals surface area contributed by atoms with Crippen LogP contribution in [0.25, 0.3) is 0 Å². The van der Waals surface area contributed by atoms with Crippen molar-refractivity contribution < 1.29 is 9.53 Å². The van der Waals surface area contributed by atoms with Crippen LogP contribution in [0.2, 0.25) is 0 Å². The van der Waals surface area contributed by atoms with Crippen LogP contribution in [0.3, 0.4) is 0 Å². The number of methoxy groups -OCH3 is 1. The molecule has 1 aliphatic rings. The maximum atomic E-state index is 11.7. The van der Waals surface area contributed by atoms with E-state index < -0.39 is 0 Å². The normalized spacial score (nSPS) is 23.9. The number of ether oxygens (including phenoxy) is 1. The standard InChI is InChI=1S/C10H21N3O2/c1-12-5-4-9(10(12)14)13(2)6-8(11)7-15-3/h8-9H,4-7,11H2,1-3H3. The summed E-state index contributed by atoms with van der Waals surface area (Å²) in [5.74, 6) is 0.196. The van der Waals surface area contributed by atoms with Crippen molar-refractivity contribution in [3.63, 3.8) is 0 Å². The fourth-order valence-corrected chi connectivity index (χ4v) is 1.98. The SMILES string of the molecule is COCC(N)CN(C)C1CCN(C)C1=O. The molecule has 2 unspecified atom stereocenters. The highest BCUT2D eigenvalue weighted by Gasteiger charge is 2.32. The first-order valence-corrected chi connectivity index (χ1v) is 5.26. The summed E-state index contributed by atoms with van der Waals surface area (Å²) in [7, 11) is 5.41. The lowest BCUT2D eigenvalue weighted by atomic mass is 10.2. The second-order valence-corrected chi connectivity index (χ2v) is 4.22. The van der Waals surface area contributed by atoms with Crippen molar-refractivity contribution in [2.45, 2.75) is 18.5 Å². The molecule has 0 saturated carbocycles. The third-order valence-corrected chi connectivity index (χ3v) is 2.83. The number of nitrogens with zero attached hydrogens (tertiary/aromatic N) is 2. The van der Waals surface area contributed by atoms with Gasteiger partial charge in [-0.2, -0.15) is 0 Å². The van der Waals surface area contributed by atoms with Crippen molar-refractivity contribution in [3.8, 4) is 0 Å². The minimum atomic E-state index is -0.0290. The number of amides is 1. The monoisotopic (exact) mass is 215 g/mol. The molecule has 0 spiro atoms. The molecular formula is C10H21N3O2. The molecule has 0 aromatic rings. The Hall–Kier alpha value is -0.650. The Balaban J connectivity index is 2.40. The zero-order valence-corrected chi connectivity index (χ0v) is 9.77. The molecule has 88 valence electrons. The third-order valence-electron chi connectivity index (χ3n) is 2.83. The maximum Gasteiger partial charge on any atom is 0.239 e. The number of likely N-dealkylation sites (tertiary alicyclic amines) is 1. The Morgan fingerprint density at radius 2 is 2.40 bits per heavy atom. The van der Waals surface area contributed by atoms with E-state index in [0.717, 1.165) is 13.0 Å². The van der Waals surface area contributed by atoms with Crippen LogP contribution in [0, 0.1) is 0 Å². The first-order valence-electron chi connectivity index (χ1n) is 5.26. The predicted octanol–water partition coefficient (Wildman–Crippen LogP) is -0.877. The van der Waals surface area contributed by atoms with Crippen molar-refractivity contribution >= 4 is 5.91 Å². The van der Waals surface area contributed by atoms with E-state index in [1.165, 1.54) is 0 Å². The van der Waals surface area contributed by atoms with Crippen LogP contribution in [-0.4, -0.2) is 68.7 Å². The molecule has 0 radical (unpaired) electrons. The maximum absolute atomic E-state index is 11.7. The molecule has 1 amide bonds. The lowest BCUT2D eigenvalue weighted by Gasteiger charge is -2.25. The van der Waals surface area contributed by atoms with Gasteiger partial charge in [-0.3, -0.25) is 9.69 Å². The van der Waals surface area contributed by atoms with Gasteiger partial charge in [0.2, 0.25) is 5.91 Å². The first-order chi connectivity index (χ1) is 7.06. The van der Waals surface area contributed by atoms with E-state index in [-0.39, 0.29) is 18.0 Å². The van der Waals surface area contributed by atoms with E-state index in [1.54, 1.807) is 12.0 Å². The van der Waals surface area contributed by atoms with Gasteiger partial charge in [-0.05, 0) is 13.5 Å². The Labute approximate surface area is 91.2 Å². The minimum Gasteiger partial charge on any atom is -0.383 e. The summed E-state index contributed by atoms with van der Waals surface area (Å²) in [5, 5.41) is 0. The summed E-state index contributed by atoms with van der Waals surface area (Å²) in [6, 6.07) is -0.0309. The van der Waals surface area contributed by atoms with Crippen LogP contribution in [0.4, 0.5) is 0 Å². The van der Waals surface area contributed by atoms with Crippen molar-refractivity contribution in [3.05, 3.63) is 0 Å². The highest BCUT2D eigenvalue weighted by atomic mass is 16.5. The summed E-state index contributed by atoms with van der Waals surface area (Å²) < 4.78 is 4.97. The topological polar surface area (TPSA) is 58.8 Å². The first kappa shape index (κ1) is 12.4. The lowest BCUT2D eigenvalue weighted by Crippen LogP contribution is -2.45. The molecule has 5 nitrogen and oxygen atoms in total. The van der Waals surface area contributed by atoms with Crippen LogP contribution in [0.5, 0.6) is 0 Å². The molecule has 0 aliphatic carbocycles. The molecule has 0 bridgehead atoms. The Morgan fingerprint density at radius 3 is 2.87 bits per heavy atom. The zero-order valence-electron chi connectivity index (χ0n) is 9.77. The van der Waals surface area contributed by atoms with Gasteiger partial charge < -0.3 is 15.4 Å². The van der Waals surface area contributed by atoms with E-state index in [4.69, 9.17) is 10.5 Å². The summed E-state index contributed by atoms with van der Waals surface area (Å²) in [5.41, 5.74) is 5.84. The smallest absolute Gasteiger partial charge is 0.239 e. The van der Waals surface area contributed by atoms with Gasteiger partial charge in [-0.25, -0.2) is 0 Å². The minimum absolute atomic E-state index is 0.00194. The molecule has 1 aliphatic heterocycles. The highest BCUT2D eigenvalue weighted by Crippen LogP contribution is 2.14. The number of rotatable bonds is 5. The van der Waals surface area contributed by atoms with Crippen LogP contribution >= 0.6 is 0 Å². The van der Waals surface area contributed by atoms with E-state index >= 15 is 0 Å². The van der Waals surface area contributed by atoms with Gasteiger partial charge >= 0.3 is 0 Å². The highest BCUT2D eigenvalue weighted by molar-refractivity contribution is 5.83. The molecule has 1 heterocycles. The van der Waals surface area contributed by atoms with E-state index in [0.29, 0.717) is 13.2 Å². The number of carbonyl (C=O) groups is 1. The molecule has 2 N–H and O–H groups in total. The molecule has 0 aromatic carbocycles. The van der Waals surface area contributed by atoms with Crippen molar-refractivity contribution in [1.29, 1.82) is 0 Å².